The van der Waals surface area contributed by atoms with Crippen LogP contribution in [-0.4, -0.2) is 53.9 Å². The number of alkyl carbamates (subject to hydrolysis) is 1. The molecule has 0 saturated carbocycles. The largest absolute Gasteiger partial charge is 0.481 e. The van der Waals surface area contributed by atoms with E-state index >= 15 is 0 Å². The zero-order valence-electron chi connectivity index (χ0n) is 23.6. The number of carbonyl (C=O) groups excluding carboxylic acids is 2. The number of para-hydroxylation sites is 1. The van der Waals surface area contributed by atoms with Gasteiger partial charge in [-0.15, -0.1) is 0 Å². The topological polar surface area (TPSA) is 138 Å². The predicted octanol–water partition coefficient (Wildman–Crippen LogP) is 5.47. The minimum Gasteiger partial charge on any atom is -0.481 e. The summed E-state index contributed by atoms with van der Waals surface area (Å²) in [4.78, 5) is 33.1. The predicted molar refractivity (Wildman–Crippen MR) is 156 cm³/mol. The van der Waals surface area contributed by atoms with Gasteiger partial charge in [0, 0.05) is 40.6 Å². The highest BCUT2D eigenvalue weighted by molar-refractivity contribution is 5.97. The van der Waals surface area contributed by atoms with Crippen LogP contribution in [0.15, 0.2) is 67.0 Å². The molecule has 10 nitrogen and oxygen atoms in total. The quantitative estimate of drug-likeness (QED) is 0.231. The Balaban J connectivity index is 1.67. The molecule has 0 saturated heterocycles. The van der Waals surface area contributed by atoms with Crippen LogP contribution in [0.25, 0.3) is 22.0 Å². The summed E-state index contributed by atoms with van der Waals surface area (Å²) in [6, 6.07) is 17.1. The van der Waals surface area contributed by atoms with Crippen LogP contribution in [0.3, 0.4) is 0 Å². The molecule has 10 heteroatoms. The molecule has 0 aliphatic rings. The highest BCUT2D eigenvalue weighted by Crippen LogP contribution is 2.28. The lowest BCUT2D eigenvalue weighted by Crippen LogP contribution is -2.49. The number of benzene rings is 2. The number of aromatic amines is 1. The number of nitrogens with one attached hydrogen (secondary N) is 3. The molecule has 212 valence electrons. The first kappa shape index (κ1) is 29.0. The lowest BCUT2D eigenvalue weighted by atomic mass is 9.98. The number of carbonyl (C=O) groups is 2. The van der Waals surface area contributed by atoms with Gasteiger partial charge in [0.05, 0.1) is 31.9 Å². The van der Waals surface area contributed by atoms with Crippen LogP contribution in [0, 0.1) is 11.3 Å². The third kappa shape index (κ3) is 7.13. The maximum atomic E-state index is 12.8. The molecular weight excluding hydrogens is 522 g/mol. The number of anilines is 1. The number of methoxy groups -OCH3 is 2. The molecule has 0 aliphatic carbocycles. The van der Waals surface area contributed by atoms with Crippen molar-refractivity contribution in [3.05, 3.63) is 78.1 Å². The Kier molecular flexibility index (Phi) is 8.78. The van der Waals surface area contributed by atoms with Gasteiger partial charge in [-0.1, -0.05) is 24.3 Å². The van der Waals surface area contributed by atoms with Crippen molar-refractivity contribution in [3.8, 4) is 23.1 Å². The van der Waals surface area contributed by atoms with Crippen molar-refractivity contribution < 1.29 is 23.8 Å². The SMILES string of the molecule is COC(=O)c1cc(-c2ccc(OC)nc2)ccc1NC(C#N)C(Cc1c[nH]c2ccccc12)NC(=O)OC(C)(C)C. The fraction of sp³-hybridized carbons (Fsp3) is 0.290. The number of amides is 1. The average molecular weight is 556 g/mol. The summed E-state index contributed by atoms with van der Waals surface area (Å²) in [7, 11) is 2.83. The van der Waals surface area contributed by atoms with Crippen LogP contribution in [0.2, 0.25) is 0 Å². The van der Waals surface area contributed by atoms with E-state index < -0.39 is 29.7 Å². The van der Waals surface area contributed by atoms with Crippen molar-refractivity contribution in [2.75, 3.05) is 19.5 Å². The van der Waals surface area contributed by atoms with Crippen molar-refractivity contribution >= 4 is 28.7 Å². The summed E-state index contributed by atoms with van der Waals surface area (Å²) < 4.78 is 15.7. The number of nitriles is 1. The van der Waals surface area contributed by atoms with Gasteiger partial charge in [-0.2, -0.15) is 5.26 Å². The van der Waals surface area contributed by atoms with E-state index in [0.29, 0.717) is 18.0 Å². The number of H-pyrrole nitrogens is 1. The van der Waals surface area contributed by atoms with E-state index in [1.54, 1.807) is 45.2 Å². The number of esters is 1. The first-order valence-electron chi connectivity index (χ1n) is 13.0. The molecule has 0 spiro atoms. The number of fused-ring (bicyclic) bond motifs is 1. The second-order valence-corrected chi connectivity index (χ2v) is 10.4. The summed E-state index contributed by atoms with van der Waals surface area (Å²) >= 11 is 0. The minimum atomic E-state index is -0.937. The number of ether oxygens (including phenoxy) is 3. The highest BCUT2D eigenvalue weighted by atomic mass is 16.6. The number of rotatable bonds is 9. The second-order valence-electron chi connectivity index (χ2n) is 10.4. The minimum absolute atomic E-state index is 0.226. The maximum Gasteiger partial charge on any atom is 0.407 e. The van der Waals surface area contributed by atoms with Gasteiger partial charge < -0.3 is 29.8 Å². The van der Waals surface area contributed by atoms with Gasteiger partial charge in [-0.05, 0) is 62.6 Å². The molecule has 0 fully saturated rings. The monoisotopic (exact) mass is 555 g/mol. The van der Waals surface area contributed by atoms with Gasteiger partial charge in [-0.3, -0.25) is 0 Å². The van der Waals surface area contributed by atoms with Gasteiger partial charge in [0.1, 0.15) is 11.6 Å². The van der Waals surface area contributed by atoms with Crippen molar-refractivity contribution in [2.45, 2.75) is 44.9 Å². The van der Waals surface area contributed by atoms with E-state index in [4.69, 9.17) is 14.2 Å². The van der Waals surface area contributed by atoms with Crippen LogP contribution < -0.4 is 15.4 Å². The molecule has 2 atom stereocenters. The molecule has 2 heterocycles. The molecule has 3 N–H and O–H groups in total. The molecule has 0 radical (unpaired) electrons. The molecule has 4 rings (SSSR count). The molecule has 2 unspecified atom stereocenters. The highest BCUT2D eigenvalue weighted by Gasteiger charge is 2.28. The van der Waals surface area contributed by atoms with Crippen LogP contribution in [0.4, 0.5) is 10.5 Å². The van der Waals surface area contributed by atoms with E-state index in [2.05, 4.69) is 26.7 Å². The Hall–Kier alpha value is -5.04. The normalized spacial score (nSPS) is 12.6. The fourth-order valence-corrected chi connectivity index (χ4v) is 4.44. The smallest absolute Gasteiger partial charge is 0.407 e. The number of hydrogen-bond acceptors (Lipinski definition) is 8. The van der Waals surface area contributed by atoms with E-state index in [9.17, 15) is 14.9 Å². The Morgan fingerprint density at radius 3 is 2.49 bits per heavy atom. The molecule has 41 heavy (non-hydrogen) atoms. The van der Waals surface area contributed by atoms with Crippen LogP contribution >= 0.6 is 0 Å². The van der Waals surface area contributed by atoms with Crippen molar-refractivity contribution in [3.63, 3.8) is 0 Å². The summed E-state index contributed by atoms with van der Waals surface area (Å²) in [5.74, 6) is -0.114. The van der Waals surface area contributed by atoms with E-state index in [-0.39, 0.29) is 5.56 Å². The lowest BCUT2D eigenvalue weighted by molar-refractivity contribution is 0.0501. The van der Waals surface area contributed by atoms with Crippen molar-refractivity contribution in [1.82, 2.24) is 15.3 Å². The van der Waals surface area contributed by atoms with E-state index in [1.807, 2.05) is 42.6 Å². The molecule has 0 bridgehead atoms. The number of pyridine rings is 1. The van der Waals surface area contributed by atoms with E-state index in [0.717, 1.165) is 27.6 Å². The van der Waals surface area contributed by atoms with Gasteiger partial charge >= 0.3 is 12.1 Å². The first-order chi connectivity index (χ1) is 19.6. The Bertz CT molecular complexity index is 1570. The third-order valence-corrected chi connectivity index (χ3v) is 6.37. The average Bonchev–Trinajstić information content (AvgIpc) is 3.37. The van der Waals surface area contributed by atoms with Gasteiger partial charge in [-0.25, -0.2) is 14.6 Å². The molecular formula is C31H33N5O5. The zero-order chi connectivity index (χ0) is 29.6. The first-order valence-corrected chi connectivity index (χ1v) is 13.0. The van der Waals surface area contributed by atoms with Crippen molar-refractivity contribution in [2.24, 2.45) is 0 Å². The second kappa shape index (κ2) is 12.4. The Morgan fingerprint density at radius 1 is 1.07 bits per heavy atom. The van der Waals surface area contributed by atoms with Gasteiger partial charge in [0.15, 0.2) is 0 Å². The Labute approximate surface area is 238 Å². The molecule has 1 amide bonds. The third-order valence-electron chi connectivity index (χ3n) is 6.37. The summed E-state index contributed by atoms with van der Waals surface area (Å²) in [6.45, 7) is 5.30. The van der Waals surface area contributed by atoms with Crippen LogP contribution in [0.1, 0.15) is 36.7 Å². The van der Waals surface area contributed by atoms with Crippen LogP contribution in [-0.2, 0) is 15.9 Å². The van der Waals surface area contributed by atoms with Gasteiger partial charge in [0.2, 0.25) is 5.88 Å². The Morgan fingerprint density at radius 2 is 1.83 bits per heavy atom. The number of hydrogen-bond donors (Lipinski definition) is 3. The summed E-state index contributed by atoms with van der Waals surface area (Å²) in [5, 5.41) is 17.3. The lowest BCUT2D eigenvalue weighted by Gasteiger charge is -2.27. The van der Waals surface area contributed by atoms with Crippen LogP contribution in [0.5, 0.6) is 5.88 Å². The summed E-state index contributed by atoms with van der Waals surface area (Å²) in [6.07, 6.45) is 3.17. The fourth-order valence-electron chi connectivity index (χ4n) is 4.44. The number of aromatic nitrogens is 2. The maximum absolute atomic E-state index is 12.8. The van der Waals surface area contributed by atoms with Gasteiger partial charge in [0.25, 0.3) is 0 Å². The zero-order valence-corrected chi connectivity index (χ0v) is 23.6. The van der Waals surface area contributed by atoms with E-state index in [1.165, 1.54) is 14.2 Å². The standard InChI is InChI=1S/C31H33N5O5/c1-31(2,3)41-30(38)36-26(15-21-18-33-24-9-7-6-8-22(21)24)27(16-32)35-25-12-10-19(14-23(25)29(37)40-5)20-11-13-28(39-4)34-17-20/h6-14,17-18,26-27,33,35H,15H2,1-5H3,(H,36,38). The number of nitrogens with zero attached hydrogens (tertiary/aromatic N) is 2. The molecule has 4 aromatic rings. The molecule has 2 aromatic heterocycles. The van der Waals surface area contributed by atoms with Crippen molar-refractivity contribution in [1.29, 1.82) is 5.26 Å². The molecule has 0 aliphatic heterocycles. The summed E-state index contributed by atoms with van der Waals surface area (Å²) in [5.41, 5.74) is 3.23. The molecule has 2 aromatic carbocycles.